The Morgan fingerprint density at radius 3 is 3.00 bits per heavy atom. The van der Waals surface area contributed by atoms with E-state index in [1.54, 1.807) is 22.2 Å². The molecule has 1 fully saturated rings. The maximum absolute atomic E-state index is 12.6. The first-order valence-corrected chi connectivity index (χ1v) is 8.70. The first-order chi connectivity index (χ1) is 10.6. The topological polar surface area (TPSA) is 51.0 Å². The molecule has 22 heavy (non-hydrogen) atoms. The quantitative estimate of drug-likeness (QED) is 0.860. The molecular formula is C15H19ClN4OS. The van der Waals surface area contributed by atoms with E-state index in [-0.39, 0.29) is 11.9 Å². The Bertz CT molecular complexity index is 667. The Morgan fingerprint density at radius 1 is 1.55 bits per heavy atom. The molecule has 0 bridgehead atoms. The largest absolute Gasteiger partial charge is 0.335 e. The van der Waals surface area contributed by atoms with E-state index in [0.29, 0.717) is 18.0 Å². The number of likely N-dealkylation sites (tertiary alicyclic amines) is 1. The van der Waals surface area contributed by atoms with Crippen LogP contribution in [0.1, 0.15) is 41.6 Å². The minimum Gasteiger partial charge on any atom is -0.335 e. The predicted octanol–water partition coefficient (Wildman–Crippen LogP) is 3.13. The van der Waals surface area contributed by atoms with Crippen LogP contribution in [-0.2, 0) is 18.3 Å². The Kier molecular flexibility index (Phi) is 4.49. The van der Waals surface area contributed by atoms with Gasteiger partial charge in [0.05, 0.1) is 16.7 Å². The Hall–Kier alpha value is -1.40. The van der Waals surface area contributed by atoms with E-state index in [4.69, 9.17) is 11.6 Å². The molecule has 2 aromatic rings. The molecule has 1 aliphatic rings. The number of carbonyl (C=O) groups is 1. The van der Waals surface area contributed by atoms with Gasteiger partial charge in [-0.2, -0.15) is 5.10 Å². The molecule has 3 rings (SSSR count). The second-order valence-corrected chi connectivity index (χ2v) is 6.92. The zero-order valence-electron chi connectivity index (χ0n) is 12.8. The highest BCUT2D eigenvalue weighted by atomic mass is 35.5. The van der Waals surface area contributed by atoms with Crippen molar-refractivity contribution in [3.05, 3.63) is 33.0 Å². The molecule has 7 heteroatoms. The number of hydrogen-bond acceptors (Lipinski definition) is 4. The summed E-state index contributed by atoms with van der Waals surface area (Å²) in [5, 5.41) is 7.97. The average molecular weight is 339 g/mol. The van der Waals surface area contributed by atoms with Crippen molar-refractivity contribution in [1.29, 1.82) is 0 Å². The third-order valence-corrected chi connectivity index (χ3v) is 5.43. The standard InChI is InChI=1S/C15H19ClN4OS/c1-10-14(15(16)19(2)18-10)11-4-3-8-20(11)13(21)6-5-12-17-7-9-22-12/h7,9,11H,3-6,8H2,1-2H3/t11-/m1/s1. The summed E-state index contributed by atoms with van der Waals surface area (Å²) in [5.74, 6) is 0.178. The van der Waals surface area contributed by atoms with Crippen LogP contribution in [0.25, 0.3) is 0 Å². The van der Waals surface area contributed by atoms with Crippen LogP contribution >= 0.6 is 22.9 Å². The first-order valence-electron chi connectivity index (χ1n) is 7.44. The van der Waals surface area contributed by atoms with Crippen molar-refractivity contribution >= 4 is 28.8 Å². The van der Waals surface area contributed by atoms with Gasteiger partial charge < -0.3 is 4.90 Å². The summed E-state index contributed by atoms with van der Waals surface area (Å²) in [5.41, 5.74) is 1.92. The van der Waals surface area contributed by atoms with Crippen molar-refractivity contribution in [3.8, 4) is 0 Å². The Labute approximate surface area is 138 Å². The minimum absolute atomic E-state index is 0.0602. The normalized spacial score (nSPS) is 18.1. The number of aromatic nitrogens is 3. The lowest BCUT2D eigenvalue weighted by Crippen LogP contribution is -2.31. The van der Waals surface area contributed by atoms with Crippen molar-refractivity contribution in [2.75, 3.05) is 6.54 Å². The fourth-order valence-corrected chi connectivity index (χ4v) is 4.05. The van der Waals surface area contributed by atoms with Gasteiger partial charge in [-0.25, -0.2) is 4.98 Å². The fourth-order valence-electron chi connectivity index (χ4n) is 3.12. The summed E-state index contributed by atoms with van der Waals surface area (Å²) < 4.78 is 1.68. The first kappa shape index (κ1) is 15.5. The maximum atomic E-state index is 12.6. The van der Waals surface area contributed by atoms with E-state index in [1.165, 1.54) is 0 Å². The molecule has 118 valence electrons. The number of rotatable bonds is 4. The lowest BCUT2D eigenvalue weighted by Gasteiger charge is -2.25. The monoisotopic (exact) mass is 338 g/mol. The van der Waals surface area contributed by atoms with Crippen LogP contribution < -0.4 is 0 Å². The van der Waals surface area contributed by atoms with Gasteiger partial charge in [0.2, 0.25) is 5.91 Å². The Balaban J connectivity index is 1.73. The fraction of sp³-hybridized carbons (Fsp3) is 0.533. The number of amides is 1. The van der Waals surface area contributed by atoms with Gasteiger partial charge in [-0.1, -0.05) is 11.6 Å². The zero-order chi connectivity index (χ0) is 15.7. The van der Waals surface area contributed by atoms with Crippen LogP contribution in [0.2, 0.25) is 5.15 Å². The van der Waals surface area contributed by atoms with E-state index < -0.39 is 0 Å². The summed E-state index contributed by atoms with van der Waals surface area (Å²) in [7, 11) is 1.84. The summed E-state index contributed by atoms with van der Waals surface area (Å²) in [6.45, 7) is 2.75. The highest BCUT2D eigenvalue weighted by Gasteiger charge is 2.33. The van der Waals surface area contributed by atoms with Crippen molar-refractivity contribution < 1.29 is 4.79 Å². The number of thiazole rings is 1. The van der Waals surface area contributed by atoms with Gasteiger partial charge in [0.25, 0.3) is 0 Å². The molecule has 0 aromatic carbocycles. The van der Waals surface area contributed by atoms with Gasteiger partial charge in [-0.3, -0.25) is 9.48 Å². The third-order valence-electron chi connectivity index (χ3n) is 4.14. The van der Waals surface area contributed by atoms with E-state index in [1.807, 2.05) is 24.3 Å². The van der Waals surface area contributed by atoms with Crippen LogP contribution in [0.3, 0.4) is 0 Å². The minimum atomic E-state index is 0.0602. The summed E-state index contributed by atoms with van der Waals surface area (Å²) in [6.07, 6.45) is 4.95. The SMILES string of the molecule is Cc1nn(C)c(Cl)c1[C@H]1CCCN1C(=O)CCc1nccs1. The molecule has 3 heterocycles. The predicted molar refractivity (Wildman–Crippen MR) is 87.1 cm³/mol. The molecule has 0 aliphatic carbocycles. The zero-order valence-corrected chi connectivity index (χ0v) is 14.3. The van der Waals surface area contributed by atoms with Gasteiger partial charge in [-0.05, 0) is 19.8 Å². The van der Waals surface area contributed by atoms with Crippen molar-refractivity contribution in [3.63, 3.8) is 0 Å². The maximum Gasteiger partial charge on any atom is 0.223 e. The summed E-state index contributed by atoms with van der Waals surface area (Å²) >= 11 is 7.97. The van der Waals surface area contributed by atoms with Gasteiger partial charge in [-0.15, -0.1) is 11.3 Å². The van der Waals surface area contributed by atoms with Crippen LogP contribution in [-0.4, -0.2) is 32.1 Å². The summed E-state index contributed by atoms with van der Waals surface area (Å²) in [6, 6.07) is 0.0602. The lowest BCUT2D eigenvalue weighted by molar-refractivity contribution is -0.132. The van der Waals surface area contributed by atoms with Crippen LogP contribution in [0.15, 0.2) is 11.6 Å². The van der Waals surface area contributed by atoms with Crippen molar-refractivity contribution in [1.82, 2.24) is 19.7 Å². The number of carbonyl (C=O) groups excluding carboxylic acids is 1. The number of nitrogens with zero attached hydrogens (tertiary/aromatic N) is 4. The van der Waals surface area contributed by atoms with Gasteiger partial charge in [0.15, 0.2) is 0 Å². The smallest absolute Gasteiger partial charge is 0.223 e. The molecule has 0 N–H and O–H groups in total. The van der Waals surface area contributed by atoms with Crippen LogP contribution in [0.4, 0.5) is 0 Å². The molecule has 0 unspecified atom stereocenters. The molecule has 1 aliphatic heterocycles. The van der Waals surface area contributed by atoms with E-state index in [2.05, 4.69) is 10.1 Å². The Morgan fingerprint density at radius 2 is 2.36 bits per heavy atom. The highest BCUT2D eigenvalue weighted by molar-refractivity contribution is 7.09. The highest BCUT2D eigenvalue weighted by Crippen LogP contribution is 2.37. The van der Waals surface area contributed by atoms with E-state index in [0.717, 1.165) is 35.7 Å². The third kappa shape index (κ3) is 2.90. The lowest BCUT2D eigenvalue weighted by atomic mass is 10.1. The van der Waals surface area contributed by atoms with Gasteiger partial charge in [0, 0.05) is 43.6 Å². The van der Waals surface area contributed by atoms with Crippen LogP contribution in [0, 0.1) is 6.92 Å². The second-order valence-electron chi connectivity index (χ2n) is 5.58. The molecule has 1 saturated heterocycles. The number of hydrogen-bond donors (Lipinski definition) is 0. The van der Waals surface area contributed by atoms with Gasteiger partial charge >= 0.3 is 0 Å². The molecule has 1 amide bonds. The molecule has 0 spiro atoms. The average Bonchev–Trinajstić information content (AvgIpc) is 3.19. The second kappa shape index (κ2) is 6.38. The molecular weight excluding hydrogens is 320 g/mol. The van der Waals surface area contributed by atoms with Crippen LogP contribution in [0.5, 0.6) is 0 Å². The van der Waals surface area contributed by atoms with E-state index in [9.17, 15) is 4.79 Å². The molecule has 0 radical (unpaired) electrons. The van der Waals surface area contributed by atoms with Gasteiger partial charge in [0.1, 0.15) is 5.15 Å². The molecule has 5 nitrogen and oxygen atoms in total. The molecule has 1 atom stereocenters. The van der Waals surface area contributed by atoms with Crippen molar-refractivity contribution in [2.24, 2.45) is 7.05 Å². The number of aryl methyl sites for hydroxylation is 3. The molecule has 2 aromatic heterocycles. The molecule has 0 saturated carbocycles. The van der Waals surface area contributed by atoms with E-state index >= 15 is 0 Å². The summed E-state index contributed by atoms with van der Waals surface area (Å²) in [4.78, 5) is 18.8. The van der Waals surface area contributed by atoms with Crippen molar-refractivity contribution in [2.45, 2.75) is 38.6 Å². The number of halogens is 1.